The minimum Gasteiger partial charge on any atom is -0.356 e. The molecule has 0 bridgehead atoms. The Labute approximate surface area is 121 Å². The highest BCUT2D eigenvalue weighted by Gasteiger charge is 2.44. The number of benzene rings is 1. The van der Waals surface area contributed by atoms with E-state index in [1.54, 1.807) is 6.07 Å². The zero-order chi connectivity index (χ0) is 15.5. The van der Waals surface area contributed by atoms with Crippen LogP contribution in [0.2, 0.25) is 0 Å². The number of hydrogen-bond acceptors (Lipinski definition) is 2. The number of hydrogen-bond donors (Lipinski definition) is 2. The summed E-state index contributed by atoms with van der Waals surface area (Å²) in [7, 11) is 1.84. The SMILES string of the molecule is CNCCCNC(=O)C1CC1c1cccc(C(F)(F)F)c1. The molecule has 1 amide bonds. The molecule has 0 aromatic heterocycles. The molecule has 0 spiro atoms. The largest absolute Gasteiger partial charge is 0.416 e. The molecule has 1 aromatic carbocycles. The van der Waals surface area contributed by atoms with Crippen molar-refractivity contribution < 1.29 is 18.0 Å². The van der Waals surface area contributed by atoms with E-state index < -0.39 is 11.7 Å². The Balaban J connectivity index is 1.89. The molecule has 1 fully saturated rings. The standard InChI is InChI=1S/C15H19F3N2O/c1-19-6-3-7-20-14(21)13-9-12(13)10-4-2-5-11(8-10)15(16,17)18/h2,4-5,8,12-13,19H,3,6-7,9H2,1H3,(H,20,21). The summed E-state index contributed by atoms with van der Waals surface area (Å²) in [6, 6.07) is 5.27. The van der Waals surface area contributed by atoms with Crippen molar-refractivity contribution in [3.8, 4) is 0 Å². The maximum absolute atomic E-state index is 12.7. The highest BCUT2D eigenvalue weighted by molar-refractivity contribution is 5.82. The molecule has 1 saturated carbocycles. The van der Waals surface area contributed by atoms with Gasteiger partial charge in [0.1, 0.15) is 0 Å². The quantitative estimate of drug-likeness (QED) is 0.793. The van der Waals surface area contributed by atoms with Crippen molar-refractivity contribution in [3.05, 3.63) is 35.4 Å². The van der Waals surface area contributed by atoms with Crippen LogP contribution >= 0.6 is 0 Å². The van der Waals surface area contributed by atoms with Crippen molar-refractivity contribution in [2.24, 2.45) is 5.92 Å². The zero-order valence-corrected chi connectivity index (χ0v) is 11.8. The number of rotatable bonds is 6. The molecule has 1 aliphatic carbocycles. The molecule has 0 saturated heterocycles. The van der Waals surface area contributed by atoms with Crippen molar-refractivity contribution in [2.75, 3.05) is 20.1 Å². The maximum Gasteiger partial charge on any atom is 0.416 e. The van der Waals surface area contributed by atoms with Crippen molar-refractivity contribution in [1.82, 2.24) is 10.6 Å². The third-order valence-electron chi connectivity index (χ3n) is 3.67. The second kappa shape index (κ2) is 6.47. The van der Waals surface area contributed by atoms with E-state index in [0.29, 0.717) is 18.5 Å². The zero-order valence-electron chi connectivity index (χ0n) is 11.8. The van der Waals surface area contributed by atoms with Gasteiger partial charge in [0.15, 0.2) is 0 Å². The minimum absolute atomic E-state index is 0.0616. The van der Waals surface area contributed by atoms with Crippen LogP contribution in [-0.2, 0) is 11.0 Å². The molecule has 116 valence electrons. The van der Waals surface area contributed by atoms with Crippen LogP contribution < -0.4 is 10.6 Å². The van der Waals surface area contributed by atoms with E-state index in [-0.39, 0.29) is 17.7 Å². The fourth-order valence-electron chi connectivity index (χ4n) is 2.41. The highest BCUT2D eigenvalue weighted by atomic mass is 19.4. The summed E-state index contributed by atoms with van der Waals surface area (Å²) in [5.74, 6) is -0.340. The first kappa shape index (κ1) is 15.8. The van der Waals surface area contributed by atoms with Crippen LogP contribution in [0.4, 0.5) is 13.2 Å². The average molecular weight is 300 g/mol. The number of carbonyl (C=O) groups is 1. The molecular weight excluding hydrogens is 281 g/mol. The summed E-state index contributed by atoms with van der Waals surface area (Å²) < 4.78 is 38.0. The summed E-state index contributed by atoms with van der Waals surface area (Å²) in [5.41, 5.74) is -0.0553. The molecule has 0 heterocycles. The van der Waals surface area contributed by atoms with E-state index in [4.69, 9.17) is 0 Å². The Kier molecular flexibility index (Phi) is 4.88. The van der Waals surface area contributed by atoms with Gasteiger partial charge in [0.2, 0.25) is 5.91 Å². The number of amides is 1. The van der Waals surface area contributed by atoms with Crippen LogP contribution in [0, 0.1) is 5.92 Å². The second-order valence-corrected chi connectivity index (χ2v) is 5.32. The third-order valence-corrected chi connectivity index (χ3v) is 3.67. The molecule has 1 aliphatic rings. The van der Waals surface area contributed by atoms with Gasteiger partial charge in [-0.2, -0.15) is 13.2 Å². The molecule has 1 aromatic rings. The van der Waals surface area contributed by atoms with Crippen molar-refractivity contribution >= 4 is 5.91 Å². The van der Waals surface area contributed by atoms with E-state index in [2.05, 4.69) is 10.6 Å². The Morgan fingerprint density at radius 3 is 2.76 bits per heavy atom. The lowest BCUT2D eigenvalue weighted by atomic mass is 10.1. The minimum atomic E-state index is -4.34. The first-order valence-electron chi connectivity index (χ1n) is 7.03. The topological polar surface area (TPSA) is 41.1 Å². The fraction of sp³-hybridized carbons (Fsp3) is 0.533. The molecule has 2 unspecified atom stereocenters. The van der Waals surface area contributed by atoms with Gasteiger partial charge in [-0.25, -0.2) is 0 Å². The fourth-order valence-corrected chi connectivity index (χ4v) is 2.41. The maximum atomic E-state index is 12.7. The smallest absolute Gasteiger partial charge is 0.356 e. The van der Waals surface area contributed by atoms with Crippen LogP contribution in [0.15, 0.2) is 24.3 Å². The number of halogens is 3. The summed E-state index contributed by atoms with van der Waals surface area (Å²) in [6.45, 7) is 1.41. The lowest BCUT2D eigenvalue weighted by Crippen LogP contribution is -2.28. The summed E-state index contributed by atoms with van der Waals surface area (Å²) >= 11 is 0. The molecular formula is C15H19F3N2O. The van der Waals surface area contributed by atoms with Gasteiger partial charge in [0.05, 0.1) is 5.56 Å². The molecule has 0 aliphatic heterocycles. The molecule has 3 nitrogen and oxygen atoms in total. The summed E-state index contributed by atoms with van der Waals surface area (Å²) in [4.78, 5) is 11.9. The molecule has 0 radical (unpaired) electrons. The first-order valence-corrected chi connectivity index (χ1v) is 7.03. The van der Waals surface area contributed by atoms with Gasteiger partial charge in [0.25, 0.3) is 0 Å². The van der Waals surface area contributed by atoms with Crippen molar-refractivity contribution in [2.45, 2.75) is 24.9 Å². The number of nitrogens with one attached hydrogen (secondary N) is 2. The number of alkyl halides is 3. The predicted molar refractivity (Wildman–Crippen MR) is 73.8 cm³/mol. The van der Waals surface area contributed by atoms with E-state index in [0.717, 1.165) is 25.1 Å². The van der Waals surface area contributed by atoms with Crippen LogP contribution in [0.3, 0.4) is 0 Å². The van der Waals surface area contributed by atoms with Crippen LogP contribution in [0.1, 0.15) is 29.9 Å². The van der Waals surface area contributed by atoms with Gasteiger partial charge in [-0.1, -0.05) is 18.2 Å². The van der Waals surface area contributed by atoms with Crippen molar-refractivity contribution in [1.29, 1.82) is 0 Å². The summed E-state index contributed by atoms with van der Waals surface area (Å²) in [5, 5.41) is 5.81. The monoisotopic (exact) mass is 300 g/mol. The van der Waals surface area contributed by atoms with Crippen LogP contribution in [0.25, 0.3) is 0 Å². The molecule has 6 heteroatoms. The molecule has 2 atom stereocenters. The normalized spacial score (nSPS) is 21.1. The van der Waals surface area contributed by atoms with E-state index in [1.165, 1.54) is 6.07 Å². The third kappa shape index (κ3) is 4.20. The predicted octanol–water partition coefficient (Wildman–Crippen LogP) is 2.53. The van der Waals surface area contributed by atoms with E-state index in [1.807, 2.05) is 7.05 Å². The van der Waals surface area contributed by atoms with Crippen LogP contribution in [0.5, 0.6) is 0 Å². The van der Waals surface area contributed by atoms with Gasteiger partial charge in [-0.15, -0.1) is 0 Å². The Morgan fingerprint density at radius 2 is 2.10 bits per heavy atom. The Morgan fingerprint density at radius 1 is 1.33 bits per heavy atom. The second-order valence-electron chi connectivity index (χ2n) is 5.32. The number of carbonyl (C=O) groups excluding carboxylic acids is 1. The van der Waals surface area contributed by atoms with Gasteiger partial charge >= 0.3 is 6.18 Å². The lowest BCUT2D eigenvalue weighted by molar-refractivity contribution is -0.137. The first-order chi connectivity index (χ1) is 9.93. The molecule has 21 heavy (non-hydrogen) atoms. The highest BCUT2D eigenvalue weighted by Crippen LogP contribution is 2.48. The van der Waals surface area contributed by atoms with Gasteiger partial charge < -0.3 is 10.6 Å². The van der Waals surface area contributed by atoms with Crippen molar-refractivity contribution in [3.63, 3.8) is 0 Å². The Bertz CT molecular complexity index is 502. The van der Waals surface area contributed by atoms with Crippen LogP contribution in [-0.4, -0.2) is 26.0 Å². The van der Waals surface area contributed by atoms with Gasteiger partial charge in [0, 0.05) is 12.5 Å². The van der Waals surface area contributed by atoms with Gasteiger partial charge in [-0.3, -0.25) is 4.79 Å². The lowest BCUT2D eigenvalue weighted by Gasteiger charge is -2.09. The average Bonchev–Trinajstić information content (AvgIpc) is 3.23. The molecule has 2 rings (SSSR count). The Hall–Kier alpha value is -1.56. The summed E-state index contributed by atoms with van der Waals surface area (Å²) in [6.07, 6.45) is -2.88. The van der Waals surface area contributed by atoms with Gasteiger partial charge in [-0.05, 0) is 44.0 Å². The van der Waals surface area contributed by atoms with E-state index in [9.17, 15) is 18.0 Å². The molecule has 2 N–H and O–H groups in total. The van der Waals surface area contributed by atoms with E-state index >= 15 is 0 Å².